The molecular formula is C11H19NO3. The van der Waals surface area contributed by atoms with Crippen molar-refractivity contribution >= 4 is 0 Å². The van der Waals surface area contributed by atoms with Crippen LogP contribution in [-0.4, -0.2) is 36.8 Å². The molecule has 4 nitrogen and oxygen atoms in total. The largest absolute Gasteiger partial charge is 0.462 e. The van der Waals surface area contributed by atoms with E-state index in [-0.39, 0.29) is 6.61 Å². The Morgan fingerprint density at radius 3 is 2.67 bits per heavy atom. The van der Waals surface area contributed by atoms with Crippen molar-refractivity contribution in [2.75, 3.05) is 20.8 Å². The molecule has 0 aromatic carbocycles. The van der Waals surface area contributed by atoms with Gasteiger partial charge in [0.2, 0.25) is 0 Å². The van der Waals surface area contributed by atoms with Crippen LogP contribution in [0.2, 0.25) is 0 Å². The minimum Gasteiger partial charge on any atom is -0.462 e. The van der Waals surface area contributed by atoms with Gasteiger partial charge in [0, 0.05) is 13.2 Å². The van der Waals surface area contributed by atoms with Gasteiger partial charge in [-0.25, -0.2) is 0 Å². The van der Waals surface area contributed by atoms with Crippen molar-refractivity contribution < 1.29 is 14.3 Å². The van der Waals surface area contributed by atoms with Crippen LogP contribution in [-0.2, 0) is 17.9 Å². The molecule has 1 aromatic rings. The van der Waals surface area contributed by atoms with E-state index in [9.17, 15) is 0 Å². The highest BCUT2D eigenvalue weighted by atomic mass is 16.5. The Morgan fingerprint density at radius 1 is 1.47 bits per heavy atom. The minimum atomic E-state index is -0.0443. The van der Waals surface area contributed by atoms with Gasteiger partial charge in [0.1, 0.15) is 18.1 Å². The predicted octanol–water partition coefficient (Wildman–Crippen LogP) is 1.24. The molecule has 1 rings (SSSR count). The van der Waals surface area contributed by atoms with Crippen LogP contribution >= 0.6 is 0 Å². The van der Waals surface area contributed by atoms with E-state index in [0.717, 1.165) is 12.3 Å². The third-order valence-corrected chi connectivity index (χ3v) is 2.44. The molecule has 0 aliphatic rings. The number of hydrogen-bond donors (Lipinski definition) is 1. The third-order valence-electron chi connectivity index (χ3n) is 2.44. The fraction of sp³-hybridized carbons (Fsp3) is 0.636. The number of aliphatic hydroxyl groups is 1. The topological polar surface area (TPSA) is 45.8 Å². The van der Waals surface area contributed by atoms with Gasteiger partial charge < -0.3 is 14.3 Å². The lowest BCUT2D eigenvalue weighted by Gasteiger charge is -2.22. The predicted molar refractivity (Wildman–Crippen MR) is 57.4 cm³/mol. The van der Waals surface area contributed by atoms with Crippen LogP contribution in [0, 0.1) is 0 Å². The standard InChI is InChI=1S/C11H19NO3/c1-9(8-14-3)12(2)6-10-4-5-11(7-13)15-10/h4-5,9,13H,6-8H2,1-3H3. The van der Waals surface area contributed by atoms with Crippen molar-refractivity contribution in [1.29, 1.82) is 0 Å². The summed E-state index contributed by atoms with van der Waals surface area (Å²) in [6.45, 7) is 3.48. The normalized spacial score (nSPS) is 13.4. The average Bonchev–Trinajstić information content (AvgIpc) is 2.66. The van der Waals surface area contributed by atoms with Crippen LogP contribution in [0.5, 0.6) is 0 Å². The molecule has 0 aliphatic heterocycles. The van der Waals surface area contributed by atoms with Crippen LogP contribution in [0.3, 0.4) is 0 Å². The molecule has 1 unspecified atom stereocenters. The van der Waals surface area contributed by atoms with E-state index in [1.807, 2.05) is 13.1 Å². The second-order valence-corrected chi connectivity index (χ2v) is 3.75. The first-order valence-electron chi connectivity index (χ1n) is 5.05. The van der Waals surface area contributed by atoms with E-state index in [4.69, 9.17) is 14.3 Å². The zero-order chi connectivity index (χ0) is 11.3. The molecule has 4 heteroatoms. The molecule has 1 N–H and O–H groups in total. The highest BCUT2D eigenvalue weighted by molar-refractivity contribution is 5.06. The number of furan rings is 1. The highest BCUT2D eigenvalue weighted by Gasteiger charge is 2.11. The van der Waals surface area contributed by atoms with Gasteiger partial charge in [-0.3, -0.25) is 4.90 Å². The fourth-order valence-electron chi connectivity index (χ4n) is 1.36. The number of aliphatic hydroxyl groups excluding tert-OH is 1. The maximum absolute atomic E-state index is 8.85. The molecule has 1 aromatic heterocycles. The van der Waals surface area contributed by atoms with Gasteiger partial charge in [-0.1, -0.05) is 0 Å². The van der Waals surface area contributed by atoms with Crippen LogP contribution < -0.4 is 0 Å². The summed E-state index contributed by atoms with van der Waals surface area (Å²) in [5, 5.41) is 8.85. The van der Waals surface area contributed by atoms with Gasteiger partial charge in [0.05, 0.1) is 13.2 Å². The van der Waals surface area contributed by atoms with Crippen molar-refractivity contribution in [2.45, 2.75) is 26.1 Å². The Morgan fingerprint density at radius 2 is 2.13 bits per heavy atom. The van der Waals surface area contributed by atoms with Crippen molar-refractivity contribution in [3.05, 3.63) is 23.7 Å². The third kappa shape index (κ3) is 3.66. The Balaban J connectivity index is 2.46. The lowest BCUT2D eigenvalue weighted by atomic mass is 10.3. The van der Waals surface area contributed by atoms with Gasteiger partial charge in [-0.05, 0) is 26.1 Å². The first-order valence-corrected chi connectivity index (χ1v) is 5.05. The summed E-state index contributed by atoms with van der Waals surface area (Å²) in [4.78, 5) is 2.14. The first-order chi connectivity index (χ1) is 7.17. The molecule has 1 atom stereocenters. The summed E-state index contributed by atoms with van der Waals surface area (Å²) in [7, 11) is 3.71. The number of hydrogen-bond acceptors (Lipinski definition) is 4. The van der Waals surface area contributed by atoms with Gasteiger partial charge in [-0.15, -0.1) is 0 Å². The van der Waals surface area contributed by atoms with Gasteiger partial charge >= 0.3 is 0 Å². The molecule has 0 bridgehead atoms. The highest BCUT2D eigenvalue weighted by Crippen LogP contribution is 2.11. The first kappa shape index (κ1) is 12.2. The Kier molecular flexibility index (Phi) is 4.81. The number of rotatable bonds is 6. The van der Waals surface area contributed by atoms with Crippen LogP contribution in [0.4, 0.5) is 0 Å². The Labute approximate surface area is 90.4 Å². The number of ether oxygens (including phenoxy) is 1. The molecule has 86 valence electrons. The van der Waals surface area contributed by atoms with E-state index in [1.54, 1.807) is 13.2 Å². The Hall–Kier alpha value is -0.840. The summed E-state index contributed by atoms with van der Waals surface area (Å²) in [5.41, 5.74) is 0. The van der Waals surface area contributed by atoms with Gasteiger partial charge in [0.15, 0.2) is 0 Å². The number of nitrogens with zero attached hydrogens (tertiary/aromatic N) is 1. The molecule has 15 heavy (non-hydrogen) atoms. The second kappa shape index (κ2) is 5.90. The minimum absolute atomic E-state index is 0.0443. The molecule has 1 heterocycles. The molecule has 0 saturated heterocycles. The van der Waals surface area contributed by atoms with E-state index in [0.29, 0.717) is 18.4 Å². The number of likely N-dealkylation sites (N-methyl/N-ethyl adjacent to an activating group) is 1. The van der Waals surface area contributed by atoms with Crippen LogP contribution in [0.1, 0.15) is 18.4 Å². The van der Waals surface area contributed by atoms with Crippen LogP contribution in [0.25, 0.3) is 0 Å². The quantitative estimate of drug-likeness (QED) is 0.772. The molecule has 0 fully saturated rings. The lowest BCUT2D eigenvalue weighted by Crippen LogP contribution is -2.31. The zero-order valence-corrected chi connectivity index (χ0v) is 9.56. The summed E-state index contributed by atoms with van der Waals surface area (Å²) >= 11 is 0. The van der Waals surface area contributed by atoms with Crippen molar-refractivity contribution in [1.82, 2.24) is 4.90 Å². The SMILES string of the molecule is COCC(C)N(C)Cc1ccc(CO)o1. The molecule has 0 aliphatic carbocycles. The Bertz CT molecular complexity index is 285. The maximum atomic E-state index is 8.85. The molecule has 0 radical (unpaired) electrons. The second-order valence-electron chi connectivity index (χ2n) is 3.75. The van der Waals surface area contributed by atoms with Crippen molar-refractivity contribution in [3.63, 3.8) is 0 Å². The molecule has 0 amide bonds. The summed E-state index contributed by atoms with van der Waals surface area (Å²) in [5.74, 6) is 1.47. The monoisotopic (exact) mass is 213 g/mol. The molecule has 0 saturated carbocycles. The van der Waals surface area contributed by atoms with E-state index in [2.05, 4.69) is 11.8 Å². The molecule has 0 spiro atoms. The van der Waals surface area contributed by atoms with Crippen LogP contribution in [0.15, 0.2) is 16.5 Å². The van der Waals surface area contributed by atoms with Crippen molar-refractivity contribution in [2.24, 2.45) is 0 Å². The lowest BCUT2D eigenvalue weighted by molar-refractivity contribution is 0.107. The summed E-state index contributed by atoms with van der Waals surface area (Å²) < 4.78 is 10.5. The van der Waals surface area contributed by atoms with Gasteiger partial charge in [0.25, 0.3) is 0 Å². The molecular weight excluding hydrogens is 194 g/mol. The van der Waals surface area contributed by atoms with Crippen molar-refractivity contribution in [3.8, 4) is 0 Å². The van der Waals surface area contributed by atoms with E-state index >= 15 is 0 Å². The fourth-order valence-corrected chi connectivity index (χ4v) is 1.36. The average molecular weight is 213 g/mol. The van der Waals surface area contributed by atoms with E-state index < -0.39 is 0 Å². The number of methoxy groups -OCH3 is 1. The zero-order valence-electron chi connectivity index (χ0n) is 9.56. The maximum Gasteiger partial charge on any atom is 0.129 e. The smallest absolute Gasteiger partial charge is 0.129 e. The summed E-state index contributed by atoms with van der Waals surface area (Å²) in [6.07, 6.45) is 0. The van der Waals surface area contributed by atoms with E-state index in [1.165, 1.54) is 0 Å². The summed E-state index contributed by atoms with van der Waals surface area (Å²) in [6, 6.07) is 4.03. The van der Waals surface area contributed by atoms with Gasteiger partial charge in [-0.2, -0.15) is 0 Å².